The van der Waals surface area contributed by atoms with Gasteiger partial charge in [0.25, 0.3) is 0 Å². The van der Waals surface area contributed by atoms with Gasteiger partial charge in [-0.2, -0.15) is 0 Å². The quantitative estimate of drug-likeness (QED) is 0.786. The van der Waals surface area contributed by atoms with Crippen molar-refractivity contribution in [3.8, 4) is 0 Å². The van der Waals surface area contributed by atoms with Crippen LogP contribution in [0, 0.1) is 5.92 Å². The predicted molar refractivity (Wildman–Crippen MR) is 73.6 cm³/mol. The van der Waals surface area contributed by atoms with Gasteiger partial charge >= 0.3 is 0 Å². The second-order valence-corrected chi connectivity index (χ2v) is 4.96. The molecule has 1 N–H and O–H groups in total. The molecule has 0 amide bonds. The molecule has 0 unspecified atom stereocenters. The van der Waals surface area contributed by atoms with E-state index >= 15 is 0 Å². The van der Waals surface area contributed by atoms with Gasteiger partial charge in [0.2, 0.25) is 5.95 Å². The minimum Gasteiger partial charge on any atom is -0.344 e. The standard InChI is InChI=1S/C13H26N4/c1-6-12-10-17(9-11(2)3)13(15-12)16(5)8-7-14-4/h10-11,14H,6-9H2,1-5H3. The van der Waals surface area contributed by atoms with Crippen molar-refractivity contribution in [2.75, 3.05) is 32.1 Å². The molecule has 1 heterocycles. The first kappa shape index (κ1) is 14.0. The Morgan fingerprint density at radius 3 is 2.71 bits per heavy atom. The first-order chi connectivity index (χ1) is 8.08. The second kappa shape index (κ2) is 6.64. The van der Waals surface area contributed by atoms with Crippen molar-refractivity contribution in [1.29, 1.82) is 0 Å². The minimum atomic E-state index is 0.644. The molecule has 0 aliphatic heterocycles. The van der Waals surface area contributed by atoms with Crippen molar-refractivity contribution < 1.29 is 0 Å². The minimum absolute atomic E-state index is 0.644. The van der Waals surface area contributed by atoms with Crippen LogP contribution >= 0.6 is 0 Å². The van der Waals surface area contributed by atoms with E-state index in [4.69, 9.17) is 4.98 Å². The van der Waals surface area contributed by atoms with Gasteiger partial charge in [0.05, 0.1) is 5.69 Å². The number of anilines is 1. The van der Waals surface area contributed by atoms with Crippen molar-refractivity contribution >= 4 is 5.95 Å². The van der Waals surface area contributed by atoms with E-state index in [0.717, 1.165) is 32.0 Å². The number of aryl methyl sites for hydroxylation is 1. The van der Waals surface area contributed by atoms with E-state index in [-0.39, 0.29) is 0 Å². The molecule has 4 heteroatoms. The molecular formula is C13H26N4. The lowest BCUT2D eigenvalue weighted by Gasteiger charge is -2.20. The number of rotatable bonds is 7. The summed E-state index contributed by atoms with van der Waals surface area (Å²) < 4.78 is 2.28. The smallest absolute Gasteiger partial charge is 0.205 e. The number of nitrogens with zero attached hydrogens (tertiary/aromatic N) is 3. The zero-order valence-electron chi connectivity index (χ0n) is 11.8. The molecule has 0 radical (unpaired) electrons. The zero-order valence-corrected chi connectivity index (χ0v) is 11.8. The monoisotopic (exact) mass is 238 g/mol. The molecule has 0 aliphatic carbocycles. The van der Waals surface area contributed by atoms with Crippen LogP contribution < -0.4 is 10.2 Å². The summed E-state index contributed by atoms with van der Waals surface area (Å²) >= 11 is 0. The van der Waals surface area contributed by atoms with Crippen molar-refractivity contribution in [2.45, 2.75) is 33.7 Å². The number of imidazole rings is 1. The Bertz CT molecular complexity index is 330. The SMILES string of the molecule is CCc1cn(CC(C)C)c(N(C)CCNC)n1. The van der Waals surface area contributed by atoms with Crippen LogP contribution in [0.25, 0.3) is 0 Å². The summed E-state index contributed by atoms with van der Waals surface area (Å²) in [4.78, 5) is 6.92. The van der Waals surface area contributed by atoms with Gasteiger partial charge in [-0.15, -0.1) is 0 Å². The molecule has 0 saturated heterocycles. The molecule has 0 fully saturated rings. The zero-order chi connectivity index (χ0) is 12.8. The molecule has 0 saturated carbocycles. The summed E-state index contributed by atoms with van der Waals surface area (Å²) in [5.74, 6) is 1.73. The molecule has 4 nitrogen and oxygen atoms in total. The lowest BCUT2D eigenvalue weighted by Crippen LogP contribution is -2.29. The van der Waals surface area contributed by atoms with Gasteiger partial charge in [-0.05, 0) is 19.4 Å². The average molecular weight is 238 g/mol. The van der Waals surface area contributed by atoms with Gasteiger partial charge in [-0.25, -0.2) is 4.98 Å². The number of aromatic nitrogens is 2. The van der Waals surface area contributed by atoms with Crippen LogP contribution in [0.3, 0.4) is 0 Å². The van der Waals surface area contributed by atoms with E-state index in [9.17, 15) is 0 Å². The van der Waals surface area contributed by atoms with E-state index in [1.807, 2.05) is 7.05 Å². The highest BCUT2D eigenvalue weighted by Crippen LogP contribution is 2.15. The van der Waals surface area contributed by atoms with Crippen LogP contribution in [0.1, 0.15) is 26.5 Å². The predicted octanol–water partition coefficient (Wildman–Crippen LogP) is 1.76. The van der Waals surface area contributed by atoms with Crippen molar-refractivity contribution in [2.24, 2.45) is 5.92 Å². The lowest BCUT2D eigenvalue weighted by atomic mass is 10.2. The Hall–Kier alpha value is -1.03. The normalized spacial score (nSPS) is 11.2. The highest BCUT2D eigenvalue weighted by molar-refractivity contribution is 5.32. The molecule has 1 rings (SSSR count). The largest absolute Gasteiger partial charge is 0.344 e. The number of nitrogens with one attached hydrogen (secondary N) is 1. The Balaban J connectivity index is 2.83. The third-order valence-corrected chi connectivity index (χ3v) is 2.77. The Labute approximate surface area is 105 Å². The Morgan fingerprint density at radius 2 is 2.18 bits per heavy atom. The summed E-state index contributed by atoms with van der Waals surface area (Å²) in [5.41, 5.74) is 1.18. The highest BCUT2D eigenvalue weighted by Gasteiger charge is 2.11. The molecule has 0 spiro atoms. The van der Waals surface area contributed by atoms with Gasteiger partial charge in [0.1, 0.15) is 0 Å². The van der Waals surface area contributed by atoms with Gasteiger partial charge in [-0.3, -0.25) is 0 Å². The highest BCUT2D eigenvalue weighted by atomic mass is 15.3. The number of hydrogen-bond donors (Lipinski definition) is 1. The molecule has 1 aromatic rings. The first-order valence-corrected chi connectivity index (χ1v) is 6.50. The summed E-state index contributed by atoms with van der Waals surface area (Å²) in [6, 6.07) is 0. The van der Waals surface area contributed by atoms with Crippen LogP contribution in [-0.4, -0.2) is 36.7 Å². The van der Waals surface area contributed by atoms with Crippen molar-refractivity contribution in [1.82, 2.24) is 14.9 Å². The maximum atomic E-state index is 4.70. The van der Waals surface area contributed by atoms with Gasteiger partial charge in [0, 0.05) is 32.9 Å². The van der Waals surface area contributed by atoms with Crippen molar-refractivity contribution in [3.05, 3.63) is 11.9 Å². The summed E-state index contributed by atoms with van der Waals surface area (Å²) in [6.45, 7) is 9.62. The molecule has 0 bridgehead atoms. The van der Waals surface area contributed by atoms with Crippen LogP contribution in [0.4, 0.5) is 5.95 Å². The van der Waals surface area contributed by atoms with Gasteiger partial charge in [0.15, 0.2) is 0 Å². The Morgan fingerprint density at radius 1 is 1.47 bits per heavy atom. The van der Waals surface area contributed by atoms with E-state index in [1.54, 1.807) is 0 Å². The topological polar surface area (TPSA) is 33.1 Å². The fourth-order valence-electron chi connectivity index (χ4n) is 1.84. The lowest BCUT2D eigenvalue weighted by molar-refractivity contribution is 0.520. The first-order valence-electron chi connectivity index (χ1n) is 6.50. The fourth-order valence-corrected chi connectivity index (χ4v) is 1.84. The number of likely N-dealkylation sites (N-methyl/N-ethyl adjacent to an activating group) is 2. The Kier molecular flexibility index (Phi) is 5.48. The van der Waals surface area contributed by atoms with E-state index in [1.165, 1.54) is 5.69 Å². The molecule has 0 aliphatic rings. The van der Waals surface area contributed by atoms with Gasteiger partial charge < -0.3 is 14.8 Å². The average Bonchev–Trinajstić information content (AvgIpc) is 2.68. The van der Waals surface area contributed by atoms with Crippen molar-refractivity contribution in [3.63, 3.8) is 0 Å². The third-order valence-electron chi connectivity index (χ3n) is 2.77. The van der Waals surface area contributed by atoms with E-state index in [0.29, 0.717) is 5.92 Å². The second-order valence-electron chi connectivity index (χ2n) is 4.96. The maximum absolute atomic E-state index is 4.70. The molecule has 98 valence electrons. The molecule has 0 atom stereocenters. The summed E-state index contributed by atoms with van der Waals surface area (Å²) in [6.07, 6.45) is 3.18. The van der Waals surface area contributed by atoms with Crippen LogP contribution in [-0.2, 0) is 13.0 Å². The van der Waals surface area contributed by atoms with E-state index in [2.05, 4.69) is 48.8 Å². The van der Waals surface area contributed by atoms with Crippen LogP contribution in [0.2, 0.25) is 0 Å². The molecule has 17 heavy (non-hydrogen) atoms. The summed E-state index contributed by atoms with van der Waals surface area (Å²) in [7, 11) is 4.09. The fraction of sp³-hybridized carbons (Fsp3) is 0.769. The van der Waals surface area contributed by atoms with E-state index < -0.39 is 0 Å². The number of hydrogen-bond acceptors (Lipinski definition) is 3. The molecule has 1 aromatic heterocycles. The van der Waals surface area contributed by atoms with Gasteiger partial charge in [-0.1, -0.05) is 20.8 Å². The summed E-state index contributed by atoms with van der Waals surface area (Å²) in [5, 5.41) is 3.17. The molecular weight excluding hydrogens is 212 g/mol. The van der Waals surface area contributed by atoms with Crippen LogP contribution in [0.5, 0.6) is 0 Å². The van der Waals surface area contributed by atoms with Crippen LogP contribution in [0.15, 0.2) is 6.20 Å². The maximum Gasteiger partial charge on any atom is 0.205 e. The molecule has 0 aromatic carbocycles. The third kappa shape index (κ3) is 4.04.